The molecule has 0 spiro atoms. The van der Waals surface area contributed by atoms with E-state index in [-0.39, 0.29) is 12.1 Å². The lowest BCUT2D eigenvalue weighted by atomic mass is 10.1. The molecule has 9 heteroatoms. The molecule has 1 atom stereocenters. The van der Waals surface area contributed by atoms with Gasteiger partial charge in [0.1, 0.15) is 11.0 Å². The summed E-state index contributed by atoms with van der Waals surface area (Å²) in [7, 11) is -1.01. The Hall–Kier alpha value is -1.75. The summed E-state index contributed by atoms with van der Waals surface area (Å²) in [5.74, 6) is 1.85. The number of rotatable bonds is 4. The minimum atomic E-state index is -1.01. The summed E-state index contributed by atoms with van der Waals surface area (Å²) in [5, 5.41) is 0. The second kappa shape index (κ2) is 8.41. The number of carbonyl (C=O) groups is 1. The first-order valence-electron chi connectivity index (χ1n) is 10.3. The number of aryl methyl sites for hydroxylation is 1. The van der Waals surface area contributed by atoms with Crippen molar-refractivity contribution in [2.75, 3.05) is 41.7 Å². The Labute approximate surface area is 191 Å². The highest BCUT2D eigenvalue weighted by Gasteiger charge is 2.36. The van der Waals surface area contributed by atoms with Gasteiger partial charge in [0.25, 0.3) is 0 Å². The minimum Gasteiger partial charge on any atom is -0.455 e. The Morgan fingerprint density at radius 1 is 1.10 bits per heavy atom. The van der Waals surface area contributed by atoms with Crippen LogP contribution in [0, 0.1) is 3.57 Å². The number of hydrogen-bond donors (Lipinski definition) is 0. The lowest BCUT2D eigenvalue weighted by Gasteiger charge is -2.39. The molecule has 2 aromatic rings. The van der Waals surface area contributed by atoms with Crippen molar-refractivity contribution < 1.29 is 13.7 Å². The van der Waals surface area contributed by atoms with Gasteiger partial charge < -0.3 is 14.5 Å². The zero-order chi connectivity index (χ0) is 20.7. The number of esters is 1. The first kappa shape index (κ1) is 20.2. The third-order valence-corrected chi connectivity index (χ3v) is 8.20. The number of nitrogens with zero attached hydrogens (tertiary/aromatic N) is 4. The van der Waals surface area contributed by atoms with Crippen molar-refractivity contribution in [3.63, 3.8) is 0 Å². The van der Waals surface area contributed by atoms with E-state index in [9.17, 15) is 9.00 Å². The maximum atomic E-state index is 12.6. The van der Waals surface area contributed by atoms with E-state index < -0.39 is 10.8 Å². The quantitative estimate of drug-likeness (QED) is 0.438. The molecule has 3 aliphatic heterocycles. The zero-order valence-corrected chi connectivity index (χ0v) is 19.5. The van der Waals surface area contributed by atoms with E-state index in [0.29, 0.717) is 30.4 Å². The topological polar surface area (TPSA) is 75.6 Å². The fraction of sp³-hybridized carbons (Fsp3) is 0.476. The smallest absolute Gasteiger partial charge is 0.339 e. The molecular formula is C21H23IN4O3S. The number of carbonyl (C=O) groups excluding carboxylic acids is 1. The molecule has 3 aliphatic rings. The second-order valence-electron chi connectivity index (χ2n) is 7.88. The number of piperidine rings is 1. The summed E-state index contributed by atoms with van der Waals surface area (Å²) < 4.78 is 19.1. The largest absolute Gasteiger partial charge is 0.455 e. The average Bonchev–Trinajstić information content (AvgIpc) is 3.11. The molecule has 5 rings (SSSR count). The molecule has 1 aromatic carbocycles. The molecule has 158 valence electrons. The summed E-state index contributed by atoms with van der Waals surface area (Å²) in [6, 6.07) is 7.43. The molecule has 1 aromatic heterocycles. The van der Waals surface area contributed by atoms with Gasteiger partial charge in [-0.25, -0.2) is 9.78 Å². The number of benzene rings is 1. The van der Waals surface area contributed by atoms with Gasteiger partial charge in [-0.15, -0.1) is 0 Å². The van der Waals surface area contributed by atoms with Crippen LogP contribution in [0.3, 0.4) is 0 Å². The molecule has 2 fully saturated rings. The predicted molar refractivity (Wildman–Crippen MR) is 124 cm³/mol. The van der Waals surface area contributed by atoms with Gasteiger partial charge in [0, 0.05) is 28.8 Å². The Kier molecular flexibility index (Phi) is 5.65. The fourth-order valence-corrected chi connectivity index (χ4v) is 6.12. The van der Waals surface area contributed by atoms with Crippen LogP contribution in [0.15, 0.2) is 29.2 Å². The highest BCUT2D eigenvalue weighted by molar-refractivity contribution is 14.1. The molecule has 0 unspecified atom stereocenters. The highest BCUT2D eigenvalue weighted by atomic mass is 127. The van der Waals surface area contributed by atoms with Crippen LogP contribution in [-0.4, -0.2) is 58.2 Å². The van der Waals surface area contributed by atoms with Crippen molar-refractivity contribution >= 4 is 51.1 Å². The number of anilines is 2. The minimum absolute atomic E-state index is 0.169. The van der Waals surface area contributed by atoms with Crippen molar-refractivity contribution in [3.05, 3.63) is 39.1 Å². The predicted octanol–water partition coefficient (Wildman–Crippen LogP) is 2.78. The van der Waals surface area contributed by atoms with Gasteiger partial charge in [-0.3, -0.25) is 4.21 Å². The Bertz CT molecular complexity index is 1010. The lowest BCUT2D eigenvalue weighted by molar-refractivity contribution is 0.0230. The van der Waals surface area contributed by atoms with E-state index in [1.807, 2.05) is 23.1 Å². The van der Waals surface area contributed by atoms with Gasteiger partial charge in [-0.2, -0.15) is 4.98 Å². The average molecular weight is 538 g/mol. The van der Waals surface area contributed by atoms with Gasteiger partial charge in [-0.1, -0.05) is 12.1 Å². The standard InChI is InChI=1S/C21H23IN4O3S/c22-16-7-3-2-6-15(16)20(27)29-14-12-26(13-14)21-23-17-8-11-30(28)18(17)19(24-21)25-9-4-1-5-10-25/h2-3,6-7,14H,1,4-5,8-13H2/t30-/m1/s1. The van der Waals surface area contributed by atoms with Crippen LogP contribution >= 0.6 is 22.6 Å². The lowest BCUT2D eigenvalue weighted by Crippen LogP contribution is -2.54. The Balaban J connectivity index is 1.31. The molecule has 0 bridgehead atoms. The number of halogens is 1. The molecule has 0 amide bonds. The molecule has 7 nitrogen and oxygen atoms in total. The summed E-state index contributed by atoms with van der Waals surface area (Å²) >= 11 is 2.15. The van der Waals surface area contributed by atoms with Crippen LogP contribution in [0.4, 0.5) is 11.8 Å². The normalized spacial score (nSPS) is 21.3. The maximum absolute atomic E-state index is 12.6. The zero-order valence-electron chi connectivity index (χ0n) is 16.6. The number of aromatic nitrogens is 2. The number of hydrogen-bond acceptors (Lipinski definition) is 7. The van der Waals surface area contributed by atoms with Crippen molar-refractivity contribution in [2.24, 2.45) is 0 Å². The van der Waals surface area contributed by atoms with E-state index in [4.69, 9.17) is 14.7 Å². The molecule has 2 saturated heterocycles. The van der Waals surface area contributed by atoms with Crippen LogP contribution in [0.1, 0.15) is 35.3 Å². The summed E-state index contributed by atoms with van der Waals surface area (Å²) in [4.78, 5) is 27.1. The van der Waals surface area contributed by atoms with Crippen molar-refractivity contribution in [1.29, 1.82) is 0 Å². The highest BCUT2D eigenvalue weighted by Crippen LogP contribution is 2.34. The Morgan fingerprint density at radius 3 is 2.63 bits per heavy atom. The van der Waals surface area contributed by atoms with Gasteiger partial charge in [-0.05, 0) is 54.0 Å². The van der Waals surface area contributed by atoms with Crippen LogP contribution in [-0.2, 0) is 22.0 Å². The van der Waals surface area contributed by atoms with Crippen molar-refractivity contribution in [2.45, 2.75) is 36.7 Å². The monoisotopic (exact) mass is 538 g/mol. The van der Waals surface area contributed by atoms with E-state index in [2.05, 4.69) is 27.5 Å². The SMILES string of the molecule is O=C(OC1CN(c2nc3c(c(N4CCCCC4)n2)[S@](=O)CC3)C1)c1ccccc1I. The first-order valence-corrected chi connectivity index (χ1v) is 12.7. The second-order valence-corrected chi connectivity index (χ2v) is 10.6. The summed E-state index contributed by atoms with van der Waals surface area (Å²) in [5.41, 5.74) is 1.51. The van der Waals surface area contributed by atoms with Gasteiger partial charge in [0.2, 0.25) is 5.95 Å². The van der Waals surface area contributed by atoms with Gasteiger partial charge >= 0.3 is 5.97 Å². The number of fused-ring (bicyclic) bond motifs is 1. The third kappa shape index (κ3) is 3.81. The van der Waals surface area contributed by atoms with Crippen LogP contribution in [0.2, 0.25) is 0 Å². The molecule has 0 aliphatic carbocycles. The summed E-state index contributed by atoms with van der Waals surface area (Å²) in [6.45, 7) is 3.07. The third-order valence-electron chi connectivity index (χ3n) is 5.81. The van der Waals surface area contributed by atoms with Crippen molar-refractivity contribution in [3.8, 4) is 0 Å². The van der Waals surface area contributed by atoms with E-state index in [1.54, 1.807) is 6.07 Å². The van der Waals surface area contributed by atoms with Crippen molar-refractivity contribution in [1.82, 2.24) is 9.97 Å². The number of ether oxygens (including phenoxy) is 1. The van der Waals surface area contributed by atoms with E-state index in [0.717, 1.165) is 52.3 Å². The molecule has 0 radical (unpaired) electrons. The van der Waals surface area contributed by atoms with E-state index >= 15 is 0 Å². The van der Waals surface area contributed by atoms with Crippen LogP contribution < -0.4 is 9.80 Å². The summed E-state index contributed by atoms with van der Waals surface area (Å²) in [6.07, 6.45) is 4.08. The fourth-order valence-electron chi connectivity index (χ4n) is 4.14. The molecular weight excluding hydrogens is 515 g/mol. The molecule has 0 N–H and O–H groups in total. The Morgan fingerprint density at radius 2 is 1.87 bits per heavy atom. The van der Waals surface area contributed by atoms with Gasteiger partial charge in [0.15, 0.2) is 5.82 Å². The molecule has 4 heterocycles. The van der Waals surface area contributed by atoms with E-state index in [1.165, 1.54) is 6.42 Å². The molecule has 0 saturated carbocycles. The maximum Gasteiger partial charge on any atom is 0.339 e. The van der Waals surface area contributed by atoms with Gasteiger partial charge in [0.05, 0.1) is 35.1 Å². The van der Waals surface area contributed by atoms with Crippen LogP contribution in [0.25, 0.3) is 0 Å². The first-order chi connectivity index (χ1) is 14.6. The van der Waals surface area contributed by atoms with Crippen LogP contribution in [0.5, 0.6) is 0 Å². The molecule has 30 heavy (non-hydrogen) atoms.